The van der Waals surface area contributed by atoms with Gasteiger partial charge >= 0.3 is 30.0 Å². The molecule has 0 bridgehead atoms. The van der Waals surface area contributed by atoms with Crippen molar-refractivity contribution in [1.82, 2.24) is 0 Å². The Bertz CT molecular complexity index is 552. The average Bonchev–Trinajstić information content (AvgIpc) is 2.82. The number of hydrogen-bond acceptors (Lipinski definition) is 9. The van der Waals surface area contributed by atoms with Gasteiger partial charge < -0.3 is 31.6 Å². The van der Waals surface area contributed by atoms with Crippen molar-refractivity contribution < 1.29 is 41.2 Å². The number of carbonyl (C=O) groups excluding carboxylic acids is 2. The van der Waals surface area contributed by atoms with E-state index >= 15 is 0 Å². The number of carbonyl (C=O) groups is 2. The van der Waals surface area contributed by atoms with Gasteiger partial charge in [0.05, 0.1) is 12.2 Å². The molecule has 0 N–H and O–H groups in total. The quantitative estimate of drug-likeness (QED) is 0.128. The molecule has 9 nitrogen and oxygen atoms in total. The van der Waals surface area contributed by atoms with Crippen molar-refractivity contribution in [3.8, 4) is 0 Å². The minimum Gasteiger partial charge on any atom is -0.460 e. The summed E-state index contributed by atoms with van der Waals surface area (Å²) in [7, 11) is -4.20. The predicted molar refractivity (Wildman–Crippen MR) is 141 cm³/mol. The van der Waals surface area contributed by atoms with Gasteiger partial charge in [0.25, 0.3) is 0 Å². The standard InChI is InChI=1S/C13H26O5Si.C11H22O4Si/c1-6-13(14)18-12(5)10-11-19(15-7-2,16-8-3)17-9-4;1-5-11(12)15-10(4)8-9-16(13-6-2)14-7-3/h6,12H,1,7-11H2,2-5H3;5,10,16H,1,6-9H2,2-4H3. The maximum absolute atomic E-state index is 11.1. The molecule has 11 heteroatoms. The third kappa shape index (κ3) is 19.5. The van der Waals surface area contributed by atoms with Crippen molar-refractivity contribution in [2.45, 2.75) is 85.6 Å². The molecule has 0 aromatic rings. The van der Waals surface area contributed by atoms with Crippen molar-refractivity contribution in [3.05, 3.63) is 25.3 Å². The lowest BCUT2D eigenvalue weighted by Crippen LogP contribution is -2.46. The first-order chi connectivity index (χ1) is 16.7. The number of ether oxygens (including phenoxy) is 2. The van der Waals surface area contributed by atoms with Crippen LogP contribution in [0.5, 0.6) is 0 Å². The van der Waals surface area contributed by atoms with Crippen LogP contribution in [0.25, 0.3) is 0 Å². The second kappa shape index (κ2) is 23.1. The van der Waals surface area contributed by atoms with Crippen LogP contribution in [0.2, 0.25) is 12.1 Å². The minimum absolute atomic E-state index is 0.110. The first kappa shape index (κ1) is 35.8. The summed E-state index contributed by atoms with van der Waals surface area (Å²) in [6.45, 7) is 23.1. The molecule has 0 aliphatic rings. The van der Waals surface area contributed by atoms with E-state index in [0.29, 0.717) is 45.5 Å². The fourth-order valence-corrected chi connectivity index (χ4v) is 7.63. The summed E-state index contributed by atoms with van der Waals surface area (Å²) in [6.07, 6.45) is 3.44. The Kier molecular flexibility index (Phi) is 23.6. The maximum atomic E-state index is 11.1. The van der Waals surface area contributed by atoms with Crippen LogP contribution in [0, 0.1) is 0 Å². The van der Waals surface area contributed by atoms with Gasteiger partial charge in [-0.05, 0) is 67.4 Å². The number of esters is 2. The van der Waals surface area contributed by atoms with E-state index < -0.39 is 24.1 Å². The fraction of sp³-hybridized carbons (Fsp3) is 0.750. The lowest BCUT2D eigenvalue weighted by Gasteiger charge is -2.29. The van der Waals surface area contributed by atoms with Gasteiger partial charge in [-0.3, -0.25) is 0 Å². The molecule has 0 rings (SSSR count). The molecular formula is C24H48O9Si2. The highest BCUT2D eigenvalue weighted by atomic mass is 28.4. The molecule has 206 valence electrons. The molecule has 0 aromatic carbocycles. The van der Waals surface area contributed by atoms with Crippen LogP contribution in [-0.4, -0.2) is 75.3 Å². The summed E-state index contributed by atoms with van der Waals surface area (Å²) < 4.78 is 38.4. The zero-order chi connectivity index (χ0) is 27.1. The molecule has 2 unspecified atom stereocenters. The molecule has 0 spiro atoms. The van der Waals surface area contributed by atoms with Gasteiger partial charge in [-0.25, -0.2) is 9.59 Å². The Labute approximate surface area is 215 Å². The molecule has 0 saturated heterocycles. The Hall–Kier alpha value is -1.35. The summed E-state index contributed by atoms with van der Waals surface area (Å²) in [4.78, 5) is 22.0. The van der Waals surface area contributed by atoms with Gasteiger partial charge in [-0.15, -0.1) is 0 Å². The Morgan fingerprint density at radius 2 is 1.14 bits per heavy atom. The van der Waals surface area contributed by atoms with E-state index in [1.807, 2.05) is 48.5 Å². The Morgan fingerprint density at radius 1 is 0.743 bits per heavy atom. The maximum Gasteiger partial charge on any atom is 0.501 e. The van der Waals surface area contributed by atoms with Crippen LogP contribution in [-0.2, 0) is 41.2 Å². The summed E-state index contributed by atoms with van der Waals surface area (Å²) in [6, 6.07) is 1.49. The van der Waals surface area contributed by atoms with E-state index in [0.717, 1.165) is 18.5 Å². The summed E-state index contributed by atoms with van der Waals surface area (Å²) >= 11 is 0. The van der Waals surface area contributed by atoms with E-state index in [4.69, 9.17) is 31.6 Å². The van der Waals surface area contributed by atoms with Gasteiger partial charge in [0, 0.05) is 51.2 Å². The minimum atomic E-state index is -2.64. The predicted octanol–water partition coefficient (Wildman–Crippen LogP) is 4.33. The third-order valence-corrected chi connectivity index (χ3v) is 9.73. The van der Waals surface area contributed by atoms with E-state index in [-0.39, 0.29) is 18.2 Å². The van der Waals surface area contributed by atoms with Crippen molar-refractivity contribution >= 4 is 30.0 Å². The van der Waals surface area contributed by atoms with Crippen LogP contribution in [0.4, 0.5) is 0 Å². The van der Waals surface area contributed by atoms with Crippen molar-refractivity contribution in [3.63, 3.8) is 0 Å². The highest BCUT2D eigenvalue weighted by molar-refractivity contribution is 6.60. The second-order valence-electron chi connectivity index (χ2n) is 7.34. The SMILES string of the molecule is C=CC(=O)OC(C)CC[SiH](OCC)OCC.C=CC(=O)OC(C)CC[Si](OCC)(OCC)OCC. The van der Waals surface area contributed by atoms with E-state index in [2.05, 4.69) is 13.2 Å². The molecule has 0 amide bonds. The third-order valence-electron chi connectivity index (χ3n) is 4.43. The van der Waals surface area contributed by atoms with Crippen molar-refractivity contribution in [2.24, 2.45) is 0 Å². The topological polar surface area (TPSA) is 98.8 Å². The van der Waals surface area contributed by atoms with Gasteiger partial charge in [0.2, 0.25) is 0 Å². The molecule has 0 saturated carbocycles. The van der Waals surface area contributed by atoms with E-state index in [1.165, 1.54) is 6.08 Å². The zero-order valence-corrected chi connectivity index (χ0v) is 25.0. The number of hydrogen-bond donors (Lipinski definition) is 0. The van der Waals surface area contributed by atoms with Crippen LogP contribution >= 0.6 is 0 Å². The van der Waals surface area contributed by atoms with E-state index in [9.17, 15) is 9.59 Å². The Morgan fingerprint density at radius 3 is 1.49 bits per heavy atom. The summed E-state index contributed by atoms with van der Waals surface area (Å²) in [5.74, 6) is -0.789. The lowest BCUT2D eigenvalue weighted by molar-refractivity contribution is -0.143. The highest BCUT2D eigenvalue weighted by Gasteiger charge is 2.40. The summed E-state index contributed by atoms with van der Waals surface area (Å²) in [5.41, 5.74) is 0. The molecule has 35 heavy (non-hydrogen) atoms. The molecule has 0 fully saturated rings. The lowest BCUT2D eigenvalue weighted by atomic mass is 10.3. The molecule has 0 aromatic heterocycles. The van der Waals surface area contributed by atoms with Crippen LogP contribution < -0.4 is 0 Å². The molecular weight excluding hydrogens is 488 g/mol. The van der Waals surface area contributed by atoms with E-state index in [1.54, 1.807) is 0 Å². The highest BCUT2D eigenvalue weighted by Crippen LogP contribution is 2.20. The van der Waals surface area contributed by atoms with Crippen LogP contribution in [0.15, 0.2) is 25.3 Å². The zero-order valence-electron chi connectivity index (χ0n) is 22.8. The monoisotopic (exact) mass is 536 g/mol. The van der Waals surface area contributed by atoms with Gasteiger partial charge in [-0.1, -0.05) is 13.2 Å². The second-order valence-corrected chi connectivity index (χ2v) is 12.2. The van der Waals surface area contributed by atoms with Crippen molar-refractivity contribution in [2.75, 3.05) is 33.0 Å². The average molecular weight is 537 g/mol. The Balaban J connectivity index is 0. The molecule has 2 atom stereocenters. The largest absolute Gasteiger partial charge is 0.501 e. The van der Waals surface area contributed by atoms with Gasteiger partial charge in [-0.2, -0.15) is 0 Å². The van der Waals surface area contributed by atoms with Gasteiger partial charge in [0.1, 0.15) is 0 Å². The fourth-order valence-electron chi connectivity index (χ4n) is 2.95. The van der Waals surface area contributed by atoms with Gasteiger partial charge in [0.15, 0.2) is 0 Å². The molecule has 0 heterocycles. The smallest absolute Gasteiger partial charge is 0.460 e. The summed E-state index contributed by atoms with van der Waals surface area (Å²) in [5, 5.41) is 0. The first-order valence-electron chi connectivity index (χ1n) is 12.5. The molecule has 0 aliphatic carbocycles. The van der Waals surface area contributed by atoms with Crippen LogP contribution in [0.3, 0.4) is 0 Å². The number of rotatable bonds is 20. The molecule has 0 radical (unpaired) electrons. The first-order valence-corrected chi connectivity index (χ1v) is 16.2. The normalized spacial score (nSPS) is 12.8. The molecule has 0 aliphatic heterocycles. The van der Waals surface area contributed by atoms with Crippen molar-refractivity contribution in [1.29, 1.82) is 0 Å². The van der Waals surface area contributed by atoms with Crippen LogP contribution in [0.1, 0.15) is 61.3 Å².